The minimum absolute atomic E-state index is 0.234. The number of hydrogen-bond donors (Lipinski definition) is 1. The predicted molar refractivity (Wildman–Crippen MR) is 126 cm³/mol. The molecule has 1 N–H and O–H groups in total. The summed E-state index contributed by atoms with van der Waals surface area (Å²) in [6.07, 6.45) is 0. The standard InChI is InChI=1S/C23H17BrClN3O3/c24-16-7-4-8-18(11-16)26-21(29)14-28-20-12-17(25)9-10-19(20)27(22(30)23(28)31)13-15-5-2-1-3-6-15/h1-12H,13-14H2,(H,26,29). The first-order valence-electron chi connectivity index (χ1n) is 9.44. The van der Waals surface area contributed by atoms with Gasteiger partial charge in [-0.25, -0.2) is 0 Å². The van der Waals surface area contributed by atoms with Crippen molar-refractivity contribution in [2.24, 2.45) is 0 Å². The summed E-state index contributed by atoms with van der Waals surface area (Å²) in [5.41, 5.74) is 0.909. The van der Waals surface area contributed by atoms with Crippen LogP contribution in [0.1, 0.15) is 5.56 Å². The first-order valence-corrected chi connectivity index (χ1v) is 10.6. The number of fused-ring (bicyclic) bond motifs is 1. The van der Waals surface area contributed by atoms with Gasteiger partial charge in [-0.15, -0.1) is 0 Å². The average molecular weight is 499 g/mol. The monoisotopic (exact) mass is 497 g/mol. The van der Waals surface area contributed by atoms with Gasteiger partial charge in [0, 0.05) is 15.2 Å². The first kappa shape index (κ1) is 21.1. The van der Waals surface area contributed by atoms with Crippen LogP contribution in [0.2, 0.25) is 5.02 Å². The lowest BCUT2D eigenvalue weighted by molar-refractivity contribution is -0.116. The summed E-state index contributed by atoms with van der Waals surface area (Å²) in [6.45, 7) is -0.0816. The number of halogens is 2. The highest BCUT2D eigenvalue weighted by atomic mass is 79.9. The number of nitrogens with zero attached hydrogens (tertiary/aromatic N) is 2. The molecule has 4 rings (SSSR count). The number of carbonyl (C=O) groups is 1. The highest BCUT2D eigenvalue weighted by Crippen LogP contribution is 2.19. The molecule has 0 radical (unpaired) electrons. The summed E-state index contributed by atoms with van der Waals surface area (Å²) >= 11 is 9.52. The molecule has 0 unspecified atom stereocenters. The average Bonchev–Trinajstić information content (AvgIpc) is 2.75. The molecule has 0 aliphatic carbocycles. The van der Waals surface area contributed by atoms with Crippen molar-refractivity contribution in [3.63, 3.8) is 0 Å². The molecule has 0 saturated carbocycles. The summed E-state index contributed by atoms with van der Waals surface area (Å²) in [5.74, 6) is -0.429. The SMILES string of the molecule is O=C(Cn1c(=O)c(=O)n(Cc2ccccc2)c2ccc(Cl)cc21)Nc1cccc(Br)c1. The van der Waals surface area contributed by atoms with Gasteiger partial charge in [-0.3, -0.25) is 23.5 Å². The van der Waals surface area contributed by atoms with Crippen LogP contribution < -0.4 is 16.4 Å². The highest BCUT2D eigenvalue weighted by Gasteiger charge is 2.16. The number of nitrogens with one attached hydrogen (secondary N) is 1. The van der Waals surface area contributed by atoms with Gasteiger partial charge in [-0.2, -0.15) is 0 Å². The van der Waals surface area contributed by atoms with Crippen LogP contribution in [0.25, 0.3) is 11.0 Å². The van der Waals surface area contributed by atoms with E-state index in [0.29, 0.717) is 21.7 Å². The Bertz CT molecular complexity index is 1400. The number of carbonyl (C=O) groups excluding carboxylic acids is 1. The van der Waals surface area contributed by atoms with Crippen LogP contribution in [0, 0.1) is 0 Å². The molecule has 0 saturated heterocycles. The minimum atomic E-state index is -0.782. The molecule has 156 valence electrons. The van der Waals surface area contributed by atoms with Crippen molar-refractivity contribution in [3.05, 3.63) is 109 Å². The number of anilines is 1. The maximum atomic E-state index is 12.9. The topological polar surface area (TPSA) is 73.1 Å². The molecule has 1 amide bonds. The molecule has 31 heavy (non-hydrogen) atoms. The fourth-order valence-corrected chi connectivity index (χ4v) is 3.95. The molecule has 0 spiro atoms. The molecule has 0 bridgehead atoms. The Balaban J connectivity index is 1.77. The van der Waals surface area contributed by atoms with E-state index in [4.69, 9.17) is 11.6 Å². The van der Waals surface area contributed by atoms with Crippen molar-refractivity contribution >= 4 is 50.2 Å². The molecule has 0 atom stereocenters. The van der Waals surface area contributed by atoms with Crippen LogP contribution in [-0.2, 0) is 17.9 Å². The molecule has 0 aliphatic rings. The predicted octanol–water partition coefficient (Wildman–Crippen LogP) is 4.27. The van der Waals surface area contributed by atoms with E-state index in [9.17, 15) is 14.4 Å². The van der Waals surface area contributed by atoms with Gasteiger partial charge in [0.25, 0.3) is 0 Å². The van der Waals surface area contributed by atoms with Gasteiger partial charge >= 0.3 is 11.1 Å². The molecule has 4 aromatic rings. The summed E-state index contributed by atoms with van der Waals surface area (Å²) in [6, 6.07) is 21.4. The lowest BCUT2D eigenvalue weighted by Gasteiger charge is -2.15. The van der Waals surface area contributed by atoms with Crippen LogP contribution in [0.3, 0.4) is 0 Å². The Labute approximate surface area is 190 Å². The van der Waals surface area contributed by atoms with Crippen LogP contribution in [0.4, 0.5) is 5.69 Å². The Hall–Kier alpha value is -3.16. The number of rotatable bonds is 5. The van der Waals surface area contributed by atoms with Gasteiger partial charge in [0.15, 0.2) is 0 Å². The molecule has 0 aliphatic heterocycles. The molecule has 6 nitrogen and oxygen atoms in total. The van der Waals surface area contributed by atoms with Gasteiger partial charge < -0.3 is 5.32 Å². The van der Waals surface area contributed by atoms with Gasteiger partial charge in [0.05, 0.1) is 17.6 Å². The third-order valence-corrected chi connectivity index (χ3v) is 5.51. The molecule has 0 fully saturated rings. The summed E-state index contributed by atoms with van der Waals surface area (Å²) in [7, 11) is 0. The largest absolute Gasteiger partial charge is 0.324 e. The van der Waals surface area contributed by atoms with E-state index >= 15 is 0 Å². The molecular formula is C23H17BrClN3O3. The normalized spacial score (nSPS) is 10.9. The smallest absolute Gasteiger partial charge is 0.317 e. The maximum absolute atomic E-state index is 12.9. The molecule has 1 aromatic heterocycles. The number of benzene rings is 3. The summed E-state index contributed by atoms with van der Waals surface area (Å²) < 4.78 is 3.38. The second-order valence-corrected chi connectivity index (χ2v) is 8.31. The van der Waals surface area contributed by atoms with E-state index in [1.165, 1.54) is 9.13 Å². The molecular weight excluding hydrogens is 482 g/mol. The zero-order valence-electron chi connectivity index (χ0n) is 16.2. The van der Waals surface area contributed by atoms with Gasteiger partial charge in [0.1, 0.15) is 6.54 Å². The van der Waals surface area contributed by atoms with E-state index < -0.39 is 17.0 Å². The number of aromatic nitrogens is 2. The highest BCUT2D eigenvalue weighted by molar-refractivity contribution is 9.10. The quantitative estimate of drug-likeness (QED) is 0.418. The van der Waals surface area contributed by atoms with Crippen molar-refractivity contribution in [1.82, 2.24) is 9.13 Å². The molecule has 1 heterocycles. The van der Waals surface area contributed by atoms with E-state index in [0.717, 1.165) is 10.0 Å². The van der Waals surface area contributed by atoms with E-state index in [2.05, 4.69) is 21.2 Å². The molecule has 8 heteroatoms. The second-order valence-electron chi connectivity index (χ2n) is 6.96. The number of hydrogen-bond acceptors (Lipinski definition) is 3. The lowest BCUT2D eigenvalue weighted by Crippen LogP contribution is -2.43. The first-order chi connectivity index (χ1) is 14.9. The maximum Gasteiger partial charge on any atom is 0.317 e. The van der Waals surface area contributed by atoms with E-state index in [-0.39, 0.29) is 13.1 Å². The van der Waals surface area contributed by atoms with Crippen molar-refractivity contribution in [2.75, 3.05) is 5.32 Å². The Morgan fingerprint density at radius 1 is 0.871 bits per heavy atom. The van der Waals surface area contributed by atoms with Crippen molar-refractivity contribution in [2.45, 2.75) is 13.1 Å². The fourth-order valence-electron chi connectivity index (χ4n) is 3.38. The Morgan fingerprint density at radius 3 is 2.35 bits per heavy atom. The number of amides is 1. The minimum Gasteiger partial charge on any atom is -0.324 e. The zero-order valence-corrected chi connectivity index (χ0v) is 18.6. The fraction of sp³-hybridized carbons (Fsp3) is 0.0870. The van der Waals surface area contributed by atoms with E-state index in [1.807, 2.05) is 36.4 Å². The van der Waals surface area contributed by atoms with Crippen LogP contribution >= 0.6 is 27.5 Å². The van der Waals surface area contributed by atoms with Gasteiger partial charge in [0.2, 0.25) is 5.91 Å². The third-order valence-electron chi connectivity index (χ3n) is 4.79. The lowest BCUT2D eigenvalue weighted by atomic mass is 10.2. The van der Waals surface area contributed by atoms with Gasteiger partial charge in [-0.05, 0) is 42.0 Å². The van der Waals surface area contributed by atoms with Crippen molar-refractivity contribution in [1.29, 1.82) is 0 Å². The Kier molecular flexibility index (Phi) is 6.06. The second kappa shape index (κ2) is 8.91. The van der Waals surface area contributed by atoms with Crippen molar-refractivity contribution in [3.8, 4) is 0 Å². The molecule has 3 aromatic carbocycles. The van der Waals surface area contributed by atoms with Gasteiger partial charge in [-0.1, -0.05) is 63.9 Å². The van der Waals surface area contributed by atoms with Crippen LogP contribution in [-0.4, -0.2) is 15.0 Å². The summed E-state index contributed by atoms with van der Waals surface area (Å²) in [5, 5.41) is 3.14. The summed E-state index contributed by atoms with van der Waals surface area (Å²) in [4.78, 5) is 38.5. The van der Waals surface area contributed by atoms with Crippen molar-refractivity contribution < 1.29 is 4.79 Å². The Morgan fingerprint density at radius 2 is 1.61 bits per heavy atom. The van der Waals surface area contributed by atoms with E-state index in [1.54, 1.807) is 36.4 Å². The zero-order chi connectivity index (χ0) is 22.0. The van der Waals surface area contributed by atoms with Crippen LogP contribution in [0.15, 0.2) is 86.9 Å². The van der Waals surface area contributed by atoms with Crippen LogP contribution in [0.5, 0.6) is 0 Å². The third kappa shape index (κ3) is 4.62.